The van der Waals surface area contributed by atoms with Crippen molar-refractivity contribution in [3.05, 3.63) is 23.6 Å². The second kappa shape index (κ2) is 8.29. The molecule has 0 amide bonds. The van der Waals surface area contributed by atoms with Crippen LogP contribution in [0.5, 0.6) is 5.88 Å². The third-order valence-corrected chi connectivity index (χ3v) is 3.49. The Morgan fingerprint density at radius 2 is 2.33 bits per heavy atom. The first-order valence-corrected chi connectivity index (χ1v) is 7.75. The topological polar surface area (TPSA) is 43.4 Å². The van der Waals surface area contributed by atoms with Gasteiger partial charge in [0, 0.05) is 24.9 Å². The van der Waals surface area contributed by atoms with Crippen LogP contribution in [0.2, 0.25) is 0 Å². The summed E-state index contributed by atoms with van der Waals surface area (Å²) in [5.41, 5.74) is 0.588. The predicted molar refractivity (Wildman–Crippen MR) is 79.8 cm³/mol. The van der Waals surface area contributed by atoms with Gasteiger partial charge in [-0.25, -0.2) is 9.37 Å². The molecule has 0 saturated carbocycles. The minimum absolute atomic E-state index is 0.0580. The third-order valence-electron chi connectivity index (χ3n) is 3.49. The van der Waals surface area contributed by atoms with Crippen LogP contribution in [0, 0.1) is 11.7 Å². The molecule has 1 fully saturated rings. The van der Waals surface area contributed by atoms with Crippen molar-refractivity contribution >= 4 is 0 Å². The summed E-state index contributed by atoms with van der Waals surface area (Å²) in [5, 5.41) is 3.23. The molecule has 0 bridgehead atoms. The molecule has 1 saturated heterocycles. The molecule has 1 aromatic heterocycles. The van der Waals surface area contributed by atoms with Gasteiger partial charge in [0.2, 0.25) is 0 Å². The van der Waals surface area contributed by atoms with Crippen LogP contribution < -0.4 is 10.1 Å². The summed E-state index contributed by atoms with van der Waals surface area (Å²) >= 11 is 0. The van der Waals surface area contributed by atoms with E-state index < -0.39 is 0 Å². The Morgan fingerprint density at radius 1 is 1.48 bits per heavy atom. The first-order valence-electron chi connectivity index (χ1n) is 7.75. The van der Waals surface area contributed by atoms with Crippen LogP contribution >= 0.6 is 0 Å². The summed E-state index contributed by atoms with van der Waals surface area (Å²) in [7, 11) is 0. The van der Waals surface area contributed by atoms with Gasteiger partial charge in [-0.15, -0.1) is 0 Å². The quantitative estimate of drug-likeness (QED) is 0.840. The minimum atomic E-state index is -0.371. The highest BCUT2D eigenvalue weighted by atomic mass is 19.1. The highest BCUT2D eigenvalue weighted by molar-refractivity contribution is 5.23. The highest BCUT2D eigenvalue weighted by Gasteiger charge is 2.17. The van der Waals surface area contributed by atoms with Crippen molar-refractivity contribution in [1.82, 2.24) is 10.3 Å². The highest BCUT2D eigenvalue weighted by Crippen LogP contribution is 2.19. The molecule has 4 nitrogen and oxygen atoms in total. The number of hydrogen-bond acceptors (Lipinski definition) is 4. The molecule has 21 heavy (non-hydrogen) atoms. The van der Waals surface area contributed by atoms with Crippen LogP contribution in [0.15, 0.2) is 12.3 Å². The van der Waals surface area contributed by atoms with Crippen molar-refractivity contribution in [3.63, 3.8) is 0 Å². The molecule has 1 N–H and O–H groups in total. The number of nitrogens with zero attached hydrogens (tertiary/aromatic N) is 1. The first kappa shape index (κ1) is 16.2. The zero-order valence-electron chi connectivity index (χ0n) is 12.9. The van der Waals surface area contributed by atoms with E-state index in [2.05, 4.69) is 24.1 Å². The molecule has 0 aliphatic carbocycles. The molecular weight excluding hydrogens is 271 g/mol. The van der Waals surface area contributed by atoms with Gasteiger partial charge in [-0.3, -0.25) is 0 Å². The first-order chi connectivity index (χ1) is 10.2. The van der Waals surface area contributed by atoms with Gasteiger partial charge < -0.3 is 14.8 Å². The van der Waals surface area contributed by atoms with Crippen LogP contribution in [-0.2, 0) is 11.3 Å². The smallest absolute Gasteiger partial charge is 0.250 e. The number of pyridine rings is 1. The molecule has 1 aliphatic rings. The maximum absolute atomic E-state index is 14.3. The second-order valence-corrected chi connectivity index (χ2v) is 5.91. The summed E-state index contributed by atoms with van der Waals surface area (Å²) in [6.45, 7) is 6.72. The largest absolute Gasteiger partial charge is 0.473 e. The van der Waals surface area contributed by atoms with E-state index in [1.807, 2.05) is 0 Å². The Bertz CT molecular complexity index is 434. The molecule has 1 aliphatic heterocycles. The standard InChI is InChI=1S/C16H25FN2O2/c1-12(2)9-18-10-13-6-7-19-16(15(13)17)21-11-14-5-3-4-8-20-14/h6-7,12,14,18H,3-5,8-11H2,1-2H3. The van der Waals surface area contributed by atoms with Crippen LogP contribution in [0.1, 0.15) is 38.7 Å². The summed E-state index contributed by atoms with van der Waals surface area (Å²) in [6.07, 6.45) is 4.86. The number of hydrogen-bond donors (Lipinski definition) is 1. The number of nitrogens with one attached hydrogen (secondary N) is 1. The monoisotopic (exact) mass is 296 g/mol. The predicted octanol–water partition coefficient (Wildman–Crippen LogP) is 2.91. The maximum Gasteiger partial charge on any atom is 0.250 e. The van der Waals surface area contributed by atoms with Crippen LogP contribution in [0.25, 0.3) is 0 Å². The molecule has 118 valence electrons. The van der Waals surface area contributed by atoms with Crippen LogP contribution in [0.3, 0.4) is 0 Å². The zero-order chi connectivity index (χ0) is 15.1. The lowest BCUT2D eigenvalue weighted by Gasteiger charge is -2.22. The lowest BCUT2D eigenvalue weighted by atomic mass is 10.1. The normalized spacial score (nSPS) is 19.0. The Labute approximate surface area is 126 Å². The molecule has 5 heteroatoms. The average molecular weight is 296 g/mol. The lowest BCUT2D eigenvalue weighted by Crippen LogP contribution is -2.26. The summed E-state index contributed by atoms with van der Waals surface area (Å²) in [4.78, 5) is 3.99. The average Bonchev–Trinajstić information content (AvgIpc) is 2.48. The lowest BCUT2D eigenvalue weighted by molar-refractivity contribution is -0.0127. The Balaban J connectivity index is 1.87. The van der Waals surface area contributed by atoms with E-state index in [4.69, 9.17) is 9.47 Å². The Hall–Kier alpha value is -1.20. The number of rotatable bonds is 7. The van der Waals surface area contributed by atoms with Gasteiger partial charge >= 0.3 is 0 Å². The van der Waals surface area contributed by atoms with E-state index in [0.717, 1.165) is 32.4 Å². The summed E-state index contributed by atoms with van der Waals surface area (Å²) in [6, 6.07) is 1.69. The van der Waals surface area contributed by atoms with E-state index in [1.54, 1.807) is 12.3 Å². The Morgan fingerprint density at radius 3 is 3.05 bits per heavy atom. The van der Waals surface area contributed by atoms with E-state index in [9.17, 15) is 4.39 Å². The molecule has 1 unspecified atom stereocenters. The van der Waals surface area contributed by atoms with Crippen molar-refractivity contribution in [3.8, 4) is 5.88 Å². The van der Waals surface area contributed by atoms with Crippen molar-refractivity contribution in [1.29, 1.82) is 0 Å². The van der Waals surface area contributed by atoms with Gasteiger partial charge in [0.1, 0.15) is 6.61 Å². The molecule has 0 spiro atoms. The van der Waals surface area contributed by atoms with Gasteiger partial charge in [-0.05, 0) is 37.8 Å². The molecule has 0 aromatic carbocycles. The number of halogens is 1. The molecule has 1 aromatic rings. The van der Waals surface area contributed by atoms with Gasteiger partial charge in [0.25, 0.3) is 5.88 Å². The molecule has 1 atom stereocenters. The number of ether oxygens (including phenoxy) is 2. The van der Waals surface area contributed by atoms with Crippen molar-refractivity contribution in [2.75, 3.05) is 19.8 Å². The zero-order valence-corrected chi connectivity index (χ0v) is 12.9. The SMILES string of the molecule is CC(C)CNCc1ccnc(OCC2CCCCO2)c1F. The van der Waals surface area contributed by atoms with Crippen molar-refractivity contribution in [2.24, 2.45) is 5.92 Å². The molecule has 2 heterocycles. The Kier molecular flexibility index (Phi) is 6.39. The van der Waals surface area contributed by atoms with Gasteiger partial charge in [-0.2, -0.15) is 0 Å². The van der Waals surface area contributed by atoms with Gasteiger partial charge in [0.05, 0.1) is 6.10 Å². The van der Waals surface area contributed by atoms with E-state index in [1.165, 1.54) is 0 Å². The van der Waals surface area contributed by atoms with Crippen molar-refractivity contribution in [2.45, 2.75) is 45.8 Å². The van der Waals surface area contributed by atoms with Crippen molar-refractivity contribution < 1.29 is 13.9 Å². The van der Waals surface area contributed by atoms with E-state index in [-0.39, 0.29) is 17.8 Å². The molecule has 0 radical (unpaired) electrons. The third kappa shape index (κ3) is 5.25. The van der Waals surface area contributed by atoms with Gasteiger partial charge in [0.15, 0.2) is 5.82 Å². The fourth-order valence-corrected chi connectivity index (χ4v) is 2.31. The van der Waals surface area contributed by atoms with Crippen LogP contribution in [-0.4, -0.2) is 30.8 Å². The van der Waals surface area contributed by atoms with Crippen LogP contribution in [0.4, 0.5) is 4.39 Å². The fraction of sp³-hybridized carbons (Fsp3) is 0.688. The maximum atomic E-state index is 14.3. The summed E-state index contributed by atoms with van der Waals surface area (Å²) in [5.74, 6) is 0.242. The fourth-order valence-electron chi connectivity index (χ4n) is 2.31. The number of aromatic nitrogens is 1. The second-order valence-electron chi connectivity index (χ2n) is 5.91. The summed E-state index contributed by atoms with van der Waals surface area (Å²) < 4.78 is 25.4. The molecular formula is C16H25FN2O2. The minimum Gasteiger partial charge on any atom is -0.473 e. The van der Waals surface area contributed by atoms with E-state index >= 15 is 0 Å². The van der Waals surface area contributed by atoms with E-state index in [0.29, 0.717) is 24.6 Å². The molecule has 2 rings (SSSR count). The van der Waals surface area contributed by atoms with Gasteiger partial charge in [-0.1, -0.05) is 13.8 Å².